The first kappa shape index (κ1) is 19.8. The van der Waals surface area contributed by atoms with Crippen molar-refractivity contribution >= 4 is 40.8 Å². The quantitative estimate of drug-likeness (QED) is 0.489. The van der Waals surface area contributed by atoms with Crippen molar-refractivity contribution in [1.82, 2.24) is 15.5 Å². The summed E-state index contributed by atoms with van der Waals surface area (Å²) >= 11 is 4.55. The molecule has 8 heteroatoms. The molecule has 0 aliphatic carbocycles. The fourth-order valence-electron chi connectivity index (χ4n) is 1.82. The lowest BCUT2D eigenvalue weighted by Gasteiger charge is -2.05. The summed E-state index contributed by atoms with van der Waals surface area (Å²) < 4.78 is 6.85. The van der Waals surface area contributed by atoms with Gasteiger partial charge in [0, 0.05) is 12.3 Å². The molecule has 1 heterocycles. The van der Waals surface area contributed by atoms with Gasteiger partial charge in [0.1, 0.15) is 5.75 Å². The summed E-state index contributed by atoms with van der Waals surface area (Å²) in [6, 6.07) is 7.86. The number of nitrogens with zero attached hydrogens (tertiary/aromatic N) is 2. The van der Waals surface area contributed by atoms with Crippen LogP contribution in [0.1, 0.15) is 12.5 Å². The summed E-state index contributed by atoms with van der Waals surface area (Å²) in [6.45, 7) is 6.47. The van der Waals surface area contributed by atoms with E-state index in [-0.39, 0.29) is 5.91 Å². The van der Waals surface area contributed by atoms with E-state index in [9.17, 15) is 4.79 Å². The highest BCUT2D eigenvalue weighted by molar-refractivity contribution is 8.03. The molecule has 0 saturated carbocycles. The van der Waals surface area contributed by atoms with E-state index in [1.165, 1.54) is 23.1 Å². The number of hydrogen-bond donors (Lipinski definition) is 1. The summed E-state index contributed by atoms with van der Waals surface area (Å²) in [7, 11) is 1.65. The Labute approximate surface area is 160 Å². The molecule has 0 radical (unpaired) electrons. The van der Waals surface area contributed by atoms with Crippen LogP contribution in [0.15, 0.2) is 45.1 Å². The molecule has 0 aliphatic heterocycles. The van der Waals surface area contributed by atoms with Crippen molar-refractivity contribution < 1.29 is 9.53 Å². The van der Waals surface area contributed by atoms with Crippen LogP contribution < -0.4 is 10.1 Å². The Morgan fingerprint density at radius 3 is 2.44 bits per heavy atom. The SMILES string of the molecule is C=C(C)CSc1nnc(SCC(=O)NCCc2ccc(OC)cc2)s1. The Hall–Kier alpha value is -1.51. The highest BCUT2D eigenvalue weighted by atomic mass is 32.2. The average Bonchev–Trinajstić information content (AvgIpc) is 3.07. The molecule has 0 fully saturated rings. The van der Waals surface area contributed by atoms with E-state index in [1.54, 1.807) is 18.9 Å². The molecule has 0 unspecified atom stereocenters. The molecule has 1 amide bonds. The third-order valence-electron chi connectivity index (χ3n) is 3.05. The number of carbonyl (C=O) groups excluding carboxylic acids is 1. The summed E-state index contributed by atoms with van der Waals surface area (Å²) in [5, 5.41) is 11.1. The van der Waals surface area contributed by atoms with Crippen LogP contribution in [-0.4, -0.2) is 41.3 Å². The predicted octanol–water partition coefficient (Wildman–Crippen LogP) is 3.67. The number of benzene rings is 1. The molecule has 134 valence electrons. The number of rotatable bonds is 10. The van der Waals surface area contributed by atoms with Crippen molar-refractivity contribution in [3.63, 3.8) is 0 Å². The zero-order valence-corrected chi connectivity index (χ0v) is 16.7. The third-order valence-corrected chi connectivity index (χ3v) is 6.47. The van der Waals surface area contributed by atoms with Crippen LogP contribution >= 0.6 is 34.9 Å². The minimum atomic E-state index is 0.00449. The van der Waals surface area contributed by atoms with Crippen molar-refractivity contribution in [2.45, 2.75) is 22.0 Å². The summed E-state index contributed by atoms with van der Waals surface area (Å²) in [5.41, 5.74) is 2.27. The summed E-state index contributed by atoms with van der Waals surface area (Å²) in [6.07, 6.45) is 0.793. The molecule has 0 atom stereocenters. The number of methoxy groups -OCH3 is 1. The van der Waals surface area contributed by atoms with E-state index in [0.29, 0.717) is 12.3 Å². The molecule has 2 aromatic rings. The maximum Gasteiger partial charge on any atom is 0.230 e. The van der Waals surface area contributed by atoms with E-state index in [2.05, 4.69) is 22.1 Å². The van der Waals surface area contributed by atoms with Gasteiger partial charge in [0.2, 0.25) is 5.91 Å². The van der Waals surface area contributed by atoms with Gasteiger partial charge in [-0.1, -0.05) is 59.1 Å². The number of ether oxygens (including phenoxy) is 1. The Balaban J connectivity index is 1.65. The Morgan fingerprint density at radius 1 is 1.20 bits per heavy atom. The fourth-order valence-corrected chi connectivity index (χ4v) is 4.51. The molecule has 0 bridgehead atoms. The molecule has 0 aliphatic rings. The number of carbonyl (C=O) groups is 1. The Bertz CT molecular complexity index is 701. The second-order valence-corrected chi connectivity index (χ2v) is 8.74. The zero-order valence-electron chi connectivity index (χ0n) is 14.3. The van der Waals surface area contributed by atoms with Crippen LogP contribution in [0, 0.1) is 0 Å². The molecular weight excluding hydrogens is 374 g/mol. The van der Waals surface area contributed by atoms with E-state index in [0.717, 1.165) is 37.7 Å². The molecule has 0 saturated heterocycles. The Morgan fingerprint density at radius 2 is 1.84 bits per heavy atom. The van der Waals surface area contributed by atoms with Gasteiger partial charge in [-0.15, -0.1) is 10.2 Å². The number of nitrogens with one attached hydrogen (secondary N) is 1. The van der Waals surface area contributed by atoms with Gasteiger partial charge >= 0.3 is 0 Å². The number of thioether (sulfide) groups is 2. The molecular formula is C17H21N3O2S3. The zero-order chi connectivity index (χ0) is 18.1. The van der Waals surface area contributed by atoms with E-state index in [1.807, 2.05) is 31.2 Å². The minimum Gasteiger partial charge on any atom is -0.497 e. The smallest absolute Gasteiger partial charge is 0.230 e. The van der Waals surface area contributed by atoms with Gasteiger partial charge in [-0.2, -0.15) is 0 Å². The highest BCUT2D eigenvalue weighted by Gasteiger charge is 2.08. The minimum absolute atomic E-state index is 0.00449. The first-order valence-electron chi connectivity index (χ1n) is 7.70. The second-order valence-electron chi connectivity index (χ2n) is 5.32. The molecule has 1 aromatic heterocycles. The fraction of sp³-hybridized carbons (Fsp3) is 0.353. The summed E-state index contributed by atoms with van der Waals surface area (Å²) in [5.74, 6) is 2.03. The monoisotopic (exact) mass is 395 g/mol. The molecule has 1 aromatic carbocycles. The van der Waals surface area contributed by atoms with Crippen molar-refractivity contribution in [2.75, 3.05) is 25.2 Å². The van der Waals surface area contributed by atoms with Crippen molar-refractivity contribution in [2.24, 2.45) is 0 Å². The van der Waals surface area contributed by atoms with Gasteiger partial charge < -0.3 is 10.1 Å². The van der Waals surface area contributed by atoms with Crippen LogP contribution in [0.4, 0.5) is 0 Å². The molecule has 2 rings (SSSR count). The molecule has 25 heavy (non-hydrogen) atoms. The standard InChI is InChI=1S/C17H21N3O2S3/c1-12(2)10-23-16-19-20-17(25-16)24-11-15(21)18-9-8-13-4-6-14(22-3)7-5-13/h4-7H,1,8-11H2,2-3H3,(H,18,21). The Kier molecular flexibility index (Phi) is 8.30. The van der Waals surface area contributed by atoms with Crippen molar-refractivity contribution in [1.29, 1.82) is 0 Å². The number of hydrogen-bond acceptors (Lipinski definition) is 7. The molecule has 5 nitrogen and oxygen atoms in total. The van der Waals surface area contributed by atoms with Crippen LogP contribution in [0.5, 0.6) is 5.75 Å². The van der Waals surface area contributed by atoms with Gasteiger partial charge in [0.25, 0.3) is 0 Å². The first-order valence-corrected chi connectivity index (χ1v) is 10.5. The maximum atomic E-state index is 11.9. The van der Waals surface area contributed by atoms with Gasteiger partial charge in [-0.3, -0.25) is 4.79 Å². The molecule has 1 N–H and O–H groups in total. The lowest BCUT2D eigenvalue weighted by atomic mass is 10.1. The van der Waals surface area contributed by atoms with Gasteiger partial charge in [-0.05, 0) is 31.0 Å². The lowest BCUT2D eigenvalue weighted by Crippen LogP contribution is -2.27. The summed E-state index contributed by atoms with van der Waals surface area (Å²) in [4.78, 5) is 11.9. The van der Waals surface area contributed by atoms with Gasteiger partial charge in [-0.25, -0.2) is 0 Å². The van der Waals surface area contributed by atoms with Crippen molar-refractivity contribution in [3.05, 3.63) is 42.0 Å². The maximum absolute atomic E-state index is 11.9. The van der Waals surface area contributed by atoms with E-state index >= 15 is 0 Å². The highest BCUT2D eigenvalue weighted by Crippen LogP contribution is 2.29. The van der Waals surface area contributed by atoms with Gasteiger partial charge in [0.15, 0.2) is 8.68 Å². The van der Waals surface area contributed by atoms with Crippen molar-refractivity contribution in [3.8, 4) is 5.75 Å². The van der Waals surface area contributed by atoms with Crippen LogP contribution in [0.3, 0.4) is 0 Å². The third kappa shape index (κ3) is 7.50. The normalized spacial score (nSPS) is 10.5. The van der Waals surface area contributed by atoms with Crippen LogP contribution in [0.25, 0.3) is 0 Å². The van der Waals surface area contributed by atoms with Crippen LogP contribution in [0.2, 0.25) is 0 Å². The van der Waals surface area contributed by atoms with Crippen LogP contribution in [-0.2, 0) is 11.2 Å². The average molecular weight is 396 g/mol. The lowest BCUT2D eigenvalue weighted by molar-refractivity contribution is -0.118. The second kappa shape index (κ2) is 10.5. The first-order chi connectivity index (χ1) is 12.1. The van der Waals surface area contributed by atoms with E-state index < -0.39 is 0 Å². The predicted molar refractivity (Wildman–Crippen MR) is 106 cm³/mol. The number of aromatic nitrogens is 2. The molecule has 0 spiro atoms. The van der Waals surface area contributed by atoms with E-state index in [4.69, 9.17) is 4.74 Å². The van der Waals surface area contributed by atoms with Gasteiger partial charge in [0.05, 0.1) is 12.9 Å². The number of amides is 1. The largest absolute Gasteiger partial charge is 0.497 e. The topological polar surface area (TPSA) is 64.1 Å².